The normalized spacial score (nSPS) is 10.5. The molecule has 2 aromatic rings. The standard InChI is InChI=1S/C11H15N5O/c1-9-11(13-4-3-12-9)15-10-7-14-16(8-10)5-6-17-2/h3-4,7-8H,5-6H2,1-2H3,(H,13,15). The minimum atomic E-state index is 0.644. The van der Waals surface area contributed by atoms with E-state index in [0.29, 0.717) is 6.61 Å². The molecule has 6 heteroatoms. The van der Waals surface area contributed by atoms with Crippen molar-refractivity contribution in [1.29, 1.82) is 0 Å². The lowest BCUT2D eigenvalue weighted by molar-refractivity contribution is 0.183. The fourth-order valence-electron chi connectivity index (χ4n) is 1.40. The van der Waals surface area contributed by atoms with Gasteiger partial charge in [0, 0.05) is 25.7 Å². The van der Waals surface area contributed by atoms with Crippen molar-refractivity contribution in [3.05, 3.63) is 30.5 Å². The van der Waals surface area contributed by atoms with Crippen LogP contribution in [0.2, 0.25) is 0 Å². The molecule has 0 unspecified atom stereocenters. The highest BCUT2D eigenvalue weighted by molar-refractivity contribution is 5.55. The molecule has 90 valence electrons. The molecule has 0 amide bonds. The molecule has 0 bridgehead atoms. The number of methoxy groups -OCH3 is 1. The fraction of sp³-hybridized carbons (Fsp3) is 0.364. The summed E-state index contributed by atoms with van der Waals surface area (Å²) in [5.41, 5.74) is 1.75. The van der Waals surface area contributed by atoms with E-state index < -0.39 is 0 Å². The molecule has 0 spiro atoms. The van der Waals surface area contributed by atoms with Crippen molar-refractivity contribution in [2.24, 2.45) is 0 Å². The first-order valence-electron chi connectivity index (χ1n) is 5.35. The average molecular weight is 233 g/mol. The van der Waals surface area contributed by atoms with Gasteiger partial charge in [0.2, 0.25) is 0 Å². The highest BCUT2D eigenvalue weighted by atomic mass is 16.5. The molecular formula is C11H15N5O. The van der Waals surface area contributed by atoms with E-state index in [-0.39, 0.29) is 0 Å². The van der Waals surface area contributed by atoms with Crippen molar-refractivity contribution < 1.29 is 4.74 Å². The Hall–Kier alpha value is -1.95. The third-order valence-electron chi connectivity index (χ3n) is 2.30. The first kappa shape index (κ1) is 11.5. The molecule has 2 rings (SSSR count). The van der Waals surface area contributed by atoms with Crippen LogP contribution in [0.5, 0.6) is 0 Å². The number of aryl methyl sites for hydroxylation is 1. The molecule has 0 aliphatic carbocycles. The van der Waals surface area contributed by atoms with E-state index >= 15 is 0 Å². The Kier molecular flexibility index (Phi) is 3.66. The molecule has 0 saturated carbocycles. The summed E-state index contributed by atoms with van der Waals surface area (Å²) in [6.45, 7) is 3.29. The Balaban J connectivity index is 2.04. The van der Waals surface area contributed by atoms with Gasteiger partial charge in [0.25, 0.3) is 0 Å². The van der Waals surface area contributed by atoms with Crippen LogP contribution in [-0.4, -0.2) is 33.5 Å². The second-order valence-electron chi connectivity index (χ2n) is 3.60. The fourth-order valence-corrected chi connectivity index (χ4v) is 1.40. The zero-order valence-electron chi connectivity index (χ0n) is 9.92. The topological polar surface area (TPSA) is 64.9 Å². The number of aromatic nitrogens is 4. The smallest absolute Gasteiger partial charge is 0.151 e. The lowest BCUT2D eigenvalue weighted by Crippen LogP contribution is -2.04. The molecule has 0 aliphatic rings. The van der Waals surface area contributed by atoms with Crippen molar-refractivity contribution in [2.75, 3.05) is 19.0 Å². The summed E-state index contributed by atoms with van der Waals surface area (Å²) in [4.78, 5) is 8.37. The number of anilines is 2. The van der Waals surface area contributed by atoms with Crippen LogP contribution in [0, 0.1) is 6.92 Å². The van der Waals surface area contributed by atoms with Gasteiger partial charge >= 0.3 is 0 Å². The van der Waals surface area contributed by atoms with E-state index in [0.717, 1.165) is 23.7 Å². The van der Waals surface area contributed by atoms with Crippen LogP contribution in [0.4, 0.5) is 11.5 Å². The van der Waals surface area contributed by atoms with Crippen LogP contribution < -0.4 is 5.32 Å². The molecule has 17 heavy (non-hydrogen) atoms. The minimum absolute atomic E-state index is 0.644. The molecular weight excluding hydrogens is 218 g/mol. The highest BCUT2D eigenvalue weighted by Crippen LogP contribution is 2.14. The molecule has 0 aliphatic heterocycles. The largest absolute Gasteiger partial charge is 0.383 e. The molecule has 2 aromatic heterocycles. The Morgan fingerprint density at radius 1 is 1.35 bits per heavy atom. The summed E-state index contributed by atoms with van der Waals surface area (Å²) in [5, 5.41) is 7.38. The van der Waals surface area contributed by atoms with Gasteiger partial charge in [-0.3, -0.25) is 9.67 Å². The zero-order chi connectivity index (χ0) is 12.1. The maximum atomic E-state index is 4.99. The molecule has 2 heterocycles. The summed E-state index contributed by atoms with van der Waals surface area (Å²) in [6, 6.07) is 0. The van der Waals surface area contributed by atoms with Crippen molar-refractivity contribution in [1.82, 2.24) is 19.7 Å². The summed E-state index contributed by atoms with van der Waals surface area (Å²) < 4.78 is 6.81. The van der Waals surface area contributed by atoms with Crippen molar-refractivity contribution in [2.45, 2.75) is 13.5 Å². The molecule has 0 fully saturated rings. The van der Waals surface area contributed by atoms with Gasteiger partial charge in [0.05, 0.1) is 30.7 Å². The van der Waals surface area contributed by atoms with E-state index in [9.17, 15) is 0 Å². The molecule has 6 nitrogen and oxygen atoms in total. The van der Waals surface area contributed by atoms with E-state index in [1.165, 1.54) is 0 Å². The van der Waals surface area contributed by atoms with Gasteiger partial charge in [-0.15, -0.1) is 0 Å². The lowest BCUT2D eigenvalue weighted by Gasteiger charge is -2.04. The lowest BCUT2D eigenvalue weighted by atomic mass is 10.4. The van der Waals surface area contributed by atoms with Crippen molar-refractivity contribution >= 4 is 11.5 Å². The van der Waals surface area contributed by atoms with Crippen LogP contribution in [0.3, 0.4) is 0 Å². The van der Waals surface area contributed by atoms with E-state index in [1.807, 2.05) is 17.8 Å². The first-order valence-corrected chi connectivity index (χ1v) is 5.35. The first-order chi connectivity index (χ1) is 8.29. The number of nitrogens with zero attached hydrogens (tertiary/aromatic N) is 4. The van der Waals surface area contributed by atoms with Gasteiger partial charge in [-0.05, 0) is 6.92 Å². The van der Waals surface area contributed by atoms with Gasteiger partial charge in [-0.1, -0.05) is 0 Å². The number of nitrogens with one attached hydrogen (secondary N) is 1. The summed E-state index contributed by atoms with van der Waals surface area (Å²) >= 11 is 0. The minimum Gasteiger partial charge on any atom is -0.383 e. The van der Waals surface area contributed by atoms with Gasteiger partial charge in [-0.25, -0.2) is 4.98 Å². The van der Waals surface area contributed by atoms with Crippen LogP contribution in [0.15, 0.2) is 24.8 Å². The zero-order valence-corrected chi connectivity index (χ0v) is 9.92. The predicted molar refractivity (Wildman–Crippen MR) is 64.2 cm³/mol. The SMILES string of the molecule is COCCn1cc(Nc2nccnc2C)cn1. The summed E-state index contributed by atoms with van der Waals surface area (Å²) in [6.07, 6.45) is 6.99. The Bertz CT molecular complexity index is 482. The maximum Gasteiger partial charge on any atom is 0.151 e. The quantitative estimate of drug-likeness (QED) is 0.845. The highest BCUT2D eigenvalue weighted by Gasteiger charge is 2.02. The Morgan fingerprint density at radius 3 is 2.94 bits per heavy atom. The van der Waals surface area contributed by atoms with Crippen LogP contribution in [0.1, 0.15) is 5.69 Å². The van der Waals surface area contributed by atoms with E-state index in [2.05, 4.69) is 20.4 Å². The number of ether oxygens (including phenoxy) is 1. The van der Waals surface area contributed by atoms with Crippen LogP contribution >= 0.6 is 0 Å². The molecule has 0 saturated heterocycles. The third kappa shape index (κ3) is 3.01. The molecule has 1 N–H and O–H groups in total. The van der Waals surface area contributed by atoms with Gasteiger partial charge < -0.3 is 10.1 Å². The predicted octanol–water partition coefficient (Wildman–Crippen LogP) is 1.37. The van der Waals surface area contributed by atoms with Crippen LogP contribution in [-0.2, 0) is 11.3 Å². The van der Waals surface area contributed by atoms with Gasteiger partial charge in [0.1, 0.15) is 0 Å². The number of hydrogen-bond donors (Lipinski definition) is 1. The van der Waals surface area contributed by atoms with Gasteiger partial charge in [0.15, 0.2) is 5.82 Å². The Labute approximate surface area is 99.7 Å². The maximum absolute atomic E-state index is 4.99. The van der Waals surface area contributed by atoms with Gasteiger partial charge in [-0.2, -0.15) is 5.10 Å². The second kappa shape index (κ2) is 5.40. The monoisotopic (exact) mass is 233 g/mol. The van der Waals surface area contributed by atoms with E-state index in [1.54, 1.807) is 25.7 Å². The molecule has 0 aromatic carbocycles. The number of rotatable bonds is 5. The van der Waals surface area contributed by atoms with Crippen LogP contribution in [0.25, 0.3) is 0 Å². The third-order valence-corrected chi connectivity index (χ3v) is 2.30. The van der Waals surface area contributed by atoms with Crippen molar-refractivity contribution in [3.63, 3.8) is 0 Å². The summed E-state index contributed by atoms with van der Waals surface area (Å²) in [7, 11) is 1.67. The second-order valence-corrected chi connectivity index (χ2v) is 3.60. The van der Waals surface area contributed by atoms with E-state index in [4.69, 9.17) is 4.74 Å². The number of hydrogen-bond acceptors (Lipinski definition) is 5. The summed E-state index contributed by atoms with van der Waals surface area (Å²) in [5.74, 6) is 0.749. The molecule has 0 atom stereocenters. The Morgan fingerprint density at radius 2 is 2.18 bits per heavy atom. The van der Waals surface area contributed by atoms with Crippen molar-refractivity contribution in [3.8, 4) is 0 Å². The average Bonchev–Trinajstić information content (AvgIpc) is 2.77. The molecule has 0 radical (unpaired) electrons.